The number of hydrogen-bond acceptors (Lipinski definition) is 4. The van der Waals surface area contributed by atoms with Crippen LogP contribution in [-0.2, 0) is 14.3 Å². The number of ketones is 1. The summed E-state index contributed by atoms with van der Waals surface area (Å²) >= 11 is 5.87. The standard InChI is InChI=1S/C15H16ClNO4/c1-9(18)12-13(10-3-5-11(16)6-4-10)17(7-8-21-2)15(20)14(12)19/h3-6,13,19H,7-8H2,1-2H3/t13-/m0/s1. The average molecular weight is 310 g/mol. The third-order valence-electron chi connectivity index (χ3n) is 3.41. The van der Waals surface area contributed by atoms with Gasteiger partial charge in [0.2, 0.25) is 0 Å². The Labute approximate surface area is 127 Å². The van der Waals surface area contributed by atoms with Gasteiger partial charge in [0, 0.05) is 18.7 Å². The van der Waals surface area contributed by atoms with Crippen molar-refractivity contribution in [3.05, 3.63) is 46.2 Å². The second-order valence-electron chi connectivity index (χ2n) is 4.76. The first-order valence-electron chi connectivity index (χ1n) is 6.46. The van der Waals surface area contributed by atoms with Crippen LogP contribution in [0.15, 0.2) is 35.6 Å². The van der Waals surface area contributed by atoms with E-state index >= 15 is 0 Å². The minimum Gasteiger partial charge on any atom is -0.503 e. The molecule has 0 aliphatic carbocycles. The summed E-state index contributed by atoms with van der Waals surface area (Å²) in [6.45, 7) is 1.93. The Hall–Kier alpha value is -1.85. The lowest BCUT2D eigenvalue weighted by molar-refractivity contribution is -0.130. The number of aliphatic hydroxyl groups excluding tert-OH is 1. The molecule has 112 valence electrons. The second kappa shape index (κ2) is 6.28. The van der Waals surface area contributed by atoms with Crippen molar-refractivity contribution in [2.75, 3.05) is 20.3 Å². The van der Waals surface area contributed by atoms with Crippen LogP contribution in [0, 0.1) is 0 Å². The van der Waals surface area contributed by atoms with E-state index in [-0.39, 0.29) is 17.9 Å². The molecule has 0 spiro atoms. The number of halogens is 1. The highest BCUT2D eigenvalue weighted by molar-refractivity contribution is 6.30. The number of Topliss-reactive ketones (excluding diaryl/α,β-unsaturated/α-hetero) is 1. The Morgan fingerprint density at radius 1 is 1.38 bits per heavy atom. The van der Waals surface area contributed by atoms with E-state index in [9.17, 15) is 14.7 Å². The van der Waals surface area contributed by atoms with Gasteiger partial charge in [0.1, 0.15) is 0 Å². The van der Waals surface area contributed by atoms with Crippen LogP contribution in [0.25, 0.3) is 0 Å². The first-order valence-corrected chi connectivity index (χ1v) is 6.84. The maximum absolute atomic E-state index is 12.2. The van der Waals surface area contributed by atoms with Gasteiger partial charge < -0.3 is 14.7 Å². The lowest BCUT2D eigenvalue weighted by Crippen LogP contribution is -2.33. The quantitative estimate of drug-likeness (QED) is 0.906. The minimum atomic E-state index is -0.609. The van der Waals surface area contributed by atoms with Crippen LogP contribution in [0.2, 0.25) is 5.02 Å². The summed E-state index contributed by atoms with van der Waals surface area (Å²) < 4.78 is 4.99. The molecule has 0 bridgehead atoms. The predicted molar refractivity (Wildman–Crippen MR) is 78.1 cm³/mol. The Balaban J connectivity index is 2.46. The van der Waals surface area contributed by atoms with Crippen molar-refractivity contribution in [1.29, 1.82) is 0 Å². The van der Waals surface area contributed by atoms with E-state index in [2.05, 4.69) is 0 Å². The normalized spacial score (nSPS) is 18.5. The van der Waals surface area contributed by atoms with Crippen molar-refractivity contribution in [2.45, 2.75) is 13.0 Å². The van der Waals surface area contributed by atoms with E-state index in [1.807, 2.05) is 0 Å². The lowest BCUT2D eigenvalue weighted by atomic mass is 9.97. The Kier molecular flexibility index (Phi) is 4.65. The van der Waals surface area contributed by atoms with E-state index in [1.165, 1.54) is 18.9 Å². The molecule has 5 nitrogen and oxygen atoms in total. The molecule has 1 aliphatic heterocycles. The van der Waals surface area contributed by atoms with Gasteiger partial charge in [-0.1, -0.05) is 23.7 Å². The van der Waals surface area contributed by atoms with Crippen LogP contribution in [0.4, 0.5) is 0 Å². The summed E-state index contributed by atoms with van der Waals surface area (Å²) in [5.41, 5.74) is 0.830. The molecule has 1 aliphatic rings. The third kappa shape index (κ3) is 2.94. The number of nitrogens with zero attached hydrogens (tertiary/aromatic N) is 1. The van der Waals surface area contributed by atoms with E-state index in [0.717, 1.165) is 5.56 Å². The Bertz CT molecular complexity index is 594. The monoisotopic (exact) mass is 309 g/mol. The number of carbonyl (C=O) groups is 2. The molecule has 1 heterocycles. The smallest absolute Gasteiger partial charge is 0.290 e. The number of carbonyl (C=O) groups excluding carboxylic acids is 2. The van der Waals surface area contributed by atoms with Gasteiger partial charge >= 0.3 is 0 Å². The maximum atomic E-state index is 12.2. The molecular formula is C15H16ClNO4. The van der Waals surface area contributed by atoms with Gasteiger partial charge in [-0.2, -0.15) is 0 Å². The fourth-order valence-electron chi connectivity index (χ4n) is 2.43. The van der Waals surface area contributed by atoms with Gasteiger partial charge in [-0.25, -0.2) is 0 Å². The summed E-state index contributed by atoms with van der Waals surface area (Å²) in [7, 11) is 1.52. The first kappa shape index (κ1) is 15.5. The van der Waals surface area contributed by atoms with Gasteiger partial charge in [-0.15, -0.1) is 0 Å². The zero-order valence-electron chi connectivity index (χ0n) is 11.8. The maximum Gasteiger partial charge on any atom is 0.290 e. The molecule has 1 N–H and O–H groups in total. The number of hydrogen-bond donors (Lipinski definition) is 1. The molecule has 1 atom stereocenters. The van der Waals surface area contributed by atoms with Crippen molar-refractivity contribution in [3.8, 4) is 0 Å². The van der Waals surface area contributed by atoms with E-state index < -0.39 is 17.7 Å². The predicted octanol–water partition coefficient (Wildman–Crippen LogP) is 2.27. The average Bonchev–Trinajstić information content (AvgIpc) is 2.70. The molecule has 0 unspecified atom stereocenters. The summed E-state index contributed by atoms with van der Waals surface area (Å²) in [6, 6.07) is 6.23. The van der Waals surface area contributed by atoms with Crippen LogP contribution in [0.3, 0.4) is 0 Å². The van der Waals surface area contributed by atoms with Gasteiger partial charge in [0.15, 0.2) is 11.5 Å². The molecular weight excluding hydrogens is 294 g/mol. The molecule has 1 aromatic carbocycles. The Morgan fingerprint density at radius 3 is 2.52 bits per heavy atom. The Morgan fingerprint density at radius 2 is 2.00 bits per heavy atom. The van der Waals surface area contributed by atoms with Crippen LogP contribution in [-0.4, -0.2) is 42.0 Å². The first-order chi connectivity index (χ1) is 9.97. The lowest BCUT2D eigenvalue weighted by Gasteiger charge is -2.26. The van der Waals surface area contributed by atoms with Crippen molar-refractivity contribution < 1.29 is 19.4 Å². The zero-order valence-corrected chi connectivity index (χ0v) is 12.6. The van der Waals surface area contributed by atoms with Crippen molar-refractivity contribution in [3.63, 3.8) is 0 Å². The van der Waals surface area contributed by atoms with Gasteiger partial charge in [0.25, 0.3) is 5.91 Å². The fraction of sp³-hybridized carbons (Fsp3) is 0.333. The van der Waals surface area contributed by atoms with Crippen LogP contribution in [0.1, 0.15) is 18.5 Å². The largest absolute Gasteiger partial charge is 0.503 e. The summed E-state index contributed by atoms with van der Waals surface area (Å²) in [5.74, 6) is -1.38. The second-order valence-corrected chi connectivity index (χ2v) is 5.20. The number of rotatable bonds is 5. The number of benzene rings is 1. The van der Waals surface area contributed by atoms with Crippen molar-refractivity contribution in [1.82, 2.24) is 4.90 Å². The molecule has 1 amide bonds. The van der Waals surface area contributed by atoms with E-state index in [4.69, 9.17) is 16.3 Å². The number of ether oxygens (including phenoxy) is 1. The highest BCUT2D eigenvalue weighted by Crippen LogP contribution is 2.37. The molecule has 0 saturated heterocycles. The van der Waals surface area contributed by atoms with Crippen LogP contribution < -0.4 is 0 Å². The number of aliphatic hydroxyl groups is 1. The summed E-state index contributed by atoms with van der Waals surface area (Å²) in [5, 5.41) is 10.5. The van der Waals surface area contributed by atoms with E-state index in [1.54, 1.807) is 24.3 Å². The van der Waals surface area contributed by atoms with Crippen molar-refractivity contribution in [2.24, 2.45) is 0 Å². The fourth-order valence-corrected chi connectivity index (χ4v) is 2.55. The SMILES string of the molecule is COCCN1C(=O)C(O)=C(C(C)=O)[C@@H]1c1ccc(Cl)cc1. The zero-order chi connectivity index (χ0) is 15.6. The highest BCUT2D eigenvalue weighted by atomic mass is 35.5. The number of amides is 1. The van der Waals surface area contributed by atoms with Crippen molar-refractivity contribution >= 4 is 23.3 Å². The van der Waals surface area contributed by atoms with Gasteiger partial charge in [-0.05, 0) is 24.6 Å². The molecule has 0 fully saturated rings. The molecule has 6 heteroatoms. The molecule has 0 saturated carbocycles. The van der Waals surface area contributed by atoms with Gasteiger partial charge in [0.05, 0.1) is 18.2 Å². The van der Waals surface area contributed by atoms with E-state index in [0.29, 0.717) is 11.6 Å². The molecule has 1 aromatic rings. The van der Waals surface area contributed by atoms with Crippen LogP contribution >= 0.6 is 11.6 Å². The molecule has 2 rings (SSSR count). The van der Waals surface area contributed by atoms with Crippen LogP contribution in [0.5, 0.6) is 0 Å². The summed E-state index contributed by atoms with van der Waals surface area (Å²) in [4.78, 5) is 25.4. The summed E-state index contributed by atoms with van der Waals surface area (Å²) in [6.07, 6.45) is 0. The molecule has 0 radical (unpaired) electrons. The molecule has 21 heavy (non-hydrogen) atoms. The minimum absolute atomic E-state index is 0.110. The molecule has 0 aromatic heterocycles. The highest BCUT2D eigenvalue weighted by Gasteiger charge is 2.41. The topological polar surface area (TPSA) is 66.8 Å². The third-order valence-corrected chi connectivity index (χ3v) is 3.66. The van der Waals surface area contributed by atoms with Gasteiger partial charge in [-0.3, -0.25) is 9.59 Å². The number of methoxy groups -OCH3 is 1.